The lowest BCUT2D eigenvalue weighted by atomic mass is 9.92. The van der Waals surface area contributed by atoms with E-state index in [1.807, 2.05) is 35.3 Å². The molecule has 0 bridgehead atoms. The summed E-state index contributed by atoms with van der Waals surface area (Å²) in [5.41, 5.74) is 6.37. The van der Waals surface area contributed by atoms with Crippen LogP contribution in [0.25, 0.3) is 23.2 Å². The van der Waals surface area contributed by atoms with Crippen molar-refractivity contribution in [2.45, 2.75) is 30.5 Å². The van der Waals surface area contributed by atoms with Gasteiger partial charge in [0, 0.05) is 42.8 Å². The molecule has 2 aliphatic heterocycles. The summed E-state index contributed by atoms with van der Waals surface area (Å²) in [6.45, 7) is 4.60. The average Bonchev–Trinajstić information content (AvgIpc) is 3.53. The number of carbonyl (C=O) groups excluding carboxylic acids is 1. The van der Waals surface area contributed by atoms with E-state index in [1.54, 1.807) is 0 Å². The molecule has 1 saturated carbocycles. The molecule has 43 heavy (non-hydrogen) atoms. The van der Waals surface area contributed by atoms with Gasteiger partial charge in [0.1, 0.15) is 0 Å². The second-order valence-electron chi connectivity index (χ2n) is 10.9. The van der Waals surface area contributed by atoms with E-state index < -0.39 is 17.6 Å². The molecule has 1 amide bonds. The van der Waals surface area contributed by atoms with Crippen molar-refractivity contribution in [1.29, 1.82) is 0 Å². The predicted octanol–water partition coefficient (Wildman–Crippen LogP) is 5.51. The van der Waals surface area contributed by atoms with Crippen LogP contribution in [0.2, 0.25) is 0 Å². The molecule has 1 spiro atoms. The maximum atomic E-state index is 12.9. The lowest BCUT2D eigenvalue weighted by Gasteiger charge is -2.26. The van der Waals surface area contributed by atoms with Gasteiger partial charge in [0.2, 0.25) is 5.91 Å². The molecule has 1 aliphatic carbocycles. The first-order valence-corrected chi connectivity index (χ1v) is 13.9. The summed E-state index contributed by atoms with van der Waals surface area (Å²) < 4.78 is 39.1. The molecule has 222 valence electrons. The van der Waals surface area contributed by atoms with Crippen LogP contribution in [0.5, 0.6) is 0 Å². The number of nitrogens with one attached hydrogen (secondary N) is 1. The molecule has 7 rings (SSSR count). The molecule has 2 unspecified atom stereocenters. The number of carboxylic acid groups (broad SMARTS) is 1. The normalized spacial score (nSPS) is 21.5. The summed E-state index contributed by atoms with van der Waals surface area (Å²) in [7, 11) is 0. The van der Waals surface area contributed by atoms with E-state index in [-0.39, 0.29) is 11.8 Å². The van der Waals surface area contributed by atoms with E-state index in [0.29, 0.717) is 0 Å². The number of halogens is 3. The number of amides is 1. The van der Waals surface area contributed by atoms with Crippen LogP contribution in [-0.2, 0) is 26.3 Å². The molecule has 3 aromatic carbocycles. The van der Waals surface area contributed by atoms with E-state index in [2.05, 4.69) is 69.9 Å². The highest BCUT2D eigenvalue weighted by Crippen LogP contribution is 2.65. The number of aromatic nitrogens is 2. The van der Waals surface area contributed by atoms with Crippen LogP contribution in [0.3, 0.4) is 0 Å². The lowest BCUT2D eigenvalue weighted by Crippen LogP contribution is -2.35. The summed E-state index contributed by atoms with van der Waals surface area (Å²) in [6.07, 6.45) is 1.78. The summed E-state index contributed by atoms with van der Waals surface area (Å²) in [5, 5.41) is 15.9. The van der Waals surface area contributed by atoms with Crippen molar-refractivity contribution in [3.63, 3.8) is 0 Å². The zero-order valence-electron chi connectivity index (χ0n) is 23.1. The molecule has 8 nitrogen and oxygen atoms in total. The zero-order valence-corrected chi connectivity index (χ0v) is 23.1. The Morgan fingerprint density at radius 2 is 1.81 bits per heavy atom. The molecule has 11 heteroatoms. The van der Waals surface area contributed by atoms with E-state index in [0.717, 1.165) is 67.0 Å². The fourth-order valence-electron chi connectivity index (χ4n) is 5.85. The number of rotatable bonds is 5. The number of carboxylic acids is 1. The molecule has 1 aromatic heterocycles. The molecule has 4 aromatic rings. The van der Waals surface area contributed by atoms with Crippen molar-refractivity contribution in [1.82, 2.24) is 14.7 Å². The van der Waals surface area contributed by atoms with Crippen LogP contribution >= 0.6 is 0 Å². The number of hydrogen-bond acceptors (Lipinski definition) is 5. The number of benzene rings is 3. The van der Waals surface area contributed by atoms with Gasteiger partial charge in [-0.2, -0.15) is 18.3 Å². The Morgan fingerprint density at radius 1 is 1.09 bits per heavy atom. The smallest absolute Gasteiger partial charge is 0.475 e. The van der Waals surface area contributed by atoms with Crippen molar-refractivity contribution in [2.75, 3.05) is 31.6 Å². The van der Waals surface area contributed by atoms with E-state index in [4.69, 9.17) is 14.6 Å². The summed E-state index contributed by atoms with van der Waals surface area (Å²) in [5.74, 6) is -2.44. The van der Waals surface area contributed by atoms with Crippen LogP contribution in [0.4, 0.5) is 18.9 Å². The number of morpholine rings is 1. The number of para-hydroxylation sites is 1. The monoisotopic (exact) mass is 590 g/mol. The number of fused-ring (bicyclic) bond motifs is 3. The molecular weight excluding hydrogens is 561 g/mol. The number of ether oxygens (including phenoxy) is 1. The zero-order chi connectivity index (χ0) is 30.2. The van der Waals surface area contributed by atoms with Crippen molar-refractivity contribution in [3.05, 3.63) is 95.2 Å². The first-order valence-electron chi connectivity index (χ1n) is 13.9. The van der Waals surface area contributed by atoms with E-state index in [1.165, 1.54) is 11.1 Å². The molecule has 2 N–H and O–H groups in total. The first kappa shape index (κ1) is 28.6. The highest BCUT2D eigenvalue weighted by Gasteiger charge is 2.65. The number of hydrogen-bond donors (Lipinski definition) is 2. The Kier molecular flexibility index (Phi) is 7.53. The van der Waals surface area contributed by atoms with Crippen molar-refractivity contribution < 1.29 is 32.6 Å². The quantitative estimate of drug-likeness (QED) is 0.319. The third kappa shape index (κ3) is 5.78. The van der Waals surface area contributed by atoms with Crippen LogP contribution < -0.4 is 5.32 Å². The Morgan fingerprint density at radius 3 is 2.53 bits per heavy atom. The second-order valence-corrected chi connectivity index (χ2v) is 10.9. The lowest BCUT2D eigenvalue weighted by molar-refractivity contribution is -0.192. The van der Waals surface area contributed by atoms with Gasteiger partial charge in [-0.3, -0.25) is 9.69 Å². The number of carbonyl (C=O) groups is 2. The van der Waals surface area contributed by atoms with Crippen LogP contribution in [-0.4, -0.2) is 64.1 Å². The molecule has 3 aliphatic rings. The van der Waals surface area contributed by atoms with Gasteiger partial charge in [0.05, 0.1) is 30.3 Å². The molecular formula is C32H29F3N4O4. The molecule has 0 radical (unpaired) electrons. The predicted molar refractivity (Wildman–Crippen MR) is 155 cm³/mol. The van der Waals surface area contributed by atoms with Crippen molar-refractivity contribution >= 4 is 40.7 Å². The average molecular weight is 591 g/mol. The van der Waals surface area contributed by atoms with Crippen molar-refractivity contribution in [2.24, 2.45) is 0 Å². The summed E-state index contributed by atoms with van der Waals surface area (Å²) >= 11 is 0. The minimum atomic E-state index is -5.08. The standard InChI is InChI=1S/C30H28N4O2.C2HF3O2/c35-29-30(25-3-1-2-4-27(25)32-29)18-26(30)23-9-10-24-19-31-34(28(24)17-23)12-11-21-5-7-22(8-6-21)20-33-13-15-36-16-14-33;3-2(4,5)1(6)7/h1-12,17,19,26H,13-16,18,20H2,(H,32,35);(H,6,7). The first-order chi connectivity index (χ1) is 20.6. The highest BCUT2D eigenvalue weighted by atomic mass is 19.4. The Balaban J connectivity index is 0.000000423. The molecule has 2 atom stereocenters. The minimum absolute atomic E-state index is 0.124. The van der Waals surface area contributed by atoms with Gasteiger partial charge < -0.3 is 15.2 Å². The van der Waals surface area contributed by atoms with Crippen molar-refractivity contribution in [3.8, 4) is 0 Å². The van der Waals surface area contributed by atoms with Crippen LogP contribution in [0, 0.1) is 0 Å². The van der Waals surface area contributed by atoms with Gasteiger partial charge >= 0.3 is 12.1 Å². The SMILES string of the molecule is O=C(O)C(F)(F)F.O=C1Nc2ccccc2C12CC2c1ccc2cnn(C=Cc3ccc(CN4CCOCC4)cc3)c2c1. The maximum Gasteiger partial charge on any atom is 0.490 e. The number of alkyl halides is 3. The largest absolute Gasteiger partial charge is 0.490 e. The van der Waals surface area contributed by atoms with Gasteiger partial charge in [-0.05, 0) is 46.9 Å². The third-order valence-electron chi connectivity index (χ3n) is 8.19. The number of aliphatic carboxylic acids is 1. The fourth-order valence-corrected chi connectivity index (χ4v) is 5.85. The molecule has 2 fully saturated rings. The topological polar surface area (TPSA) is 96.7 Å². The van der Waals surface area contributed by atoms with Gasteiger partial charge in [0.15, 0.2) is 0 Å². The Hall–Kier alpha value is -4.48. The highest BCUT2D eigenvalue weighted by molar-refractivity contribution is 6.09. The van der Waals surface area contributed by atoms with Crippen LogP contribution in [0.1, 0.15) is 34.6 Å². The third-order valence-corrected chi connectivity index (χ3v) is 8.19. The summed E-state index contributed by atoms with van der Waals surface area (Å²) in [6, 6.07) is 23.3. The van der Waals surface area contributed by atoms with E-state index in [9.17, 15) is 18.0 Å². The maximum absolute atomic E-state index is 12.9. The van der Waals surface area contributed by atoms with Gasteiger partial charge in [-0.1, -0.05) is 54.6 Å². The fraction of sp³-hybridized carbons (Fsp3) is 0.281. The molecule has 1 saturated heterocycles. The van der Waals surface area contributed by atoms with Gasteiger partial charge in [-0.25, -0.2) is 9.48 Å². The van der Waals surface area contributed by atoms with Gasteiger partial charge in [0.25, 0.3) is 0 Å². The Labute approximate surface area is 245 Å². The number of nitrogens with zero attached hydrogens (tertiary/aromatic N) is 3. The van der Waals surface area contributed by atoms with Gasteiger partial charge in [-0.15, -0.1) is 0 Å². The summed E-state index contributed by atoms with van der Waals surface area (Å²) in [4.78, 5) is 24.3. The van der Waals surface area contributed by atoms with Crippen LogP contribution in [0.15, 0.2) is 72.9 Å². The Bertz CT molecular complexity index is 1690. The number of anilines is 1. The molecule has 3 heterocycles. The minimum Gasteiger partial charge on any atom is -0.475 e. The van der Waals surface area contributed by atoms with E-state index >= 15 is 0 Å². The second kappa shape index (κ2) is 11.3.